The molecule has 2 aromatic carbocycles. The average molecular weight is 478 g/mol. The summed E-state index contributed by atoms with van der Waals surface area (Å²) < 4.78 is 6.93. The van der Waals surface area contributed by atoms with E-state index in [1.165, 1.54) is 10.5 Å². The third-order valence-electron chi connectivity index (χ3n) is 5.62. The van der Waals surface area contributed by atoms with Crippen LogP contribution in [0, 0.1) is 0 Å². The summed E-state index contributed by atoms with van der Waals surface area (Å²) in [5, 5.41) is 10.5. The van der Waals surface area contributed by atoms with E-state index in [0.29, 0.717) is 17.4 Å². The molecule has 1 aromatic heterocycles. The number of hydrogen-bond donors (Lipinski definition) is 2. The van der Waals surface area contributed by atoms with Crippen molar-refractivity contribution < 1.29 is 14.3 Å². The molecule has 3 rings (SSSR count). The largest absolute Gasteiger partial charge is 0.497 e. The monoisotopic (exact) mass is 477 g/mol. The lowest BCUT2D eigenvalue weighted by Crippen LogP contribution is -2.37. The molecule has 2 N–H and O–H groups in total. The molecule has 0 unspecified atom stereocenters. The average Bonchev–Trinajstić information content (AvgIpc) is 3.23. The maximum Gasteiger partial charge on any atom is 0.322 e. The number of carbonyl (C=O) groups is 2. The van der Waals surface area contributed by atoms with Crippen molar-refractivity contribution in [2.45, 2.75) is 46.0 Å². The molecule has 0 atom stereocenters. The number of benzene rings is 2. The van der Waals surface area contributed by atoms with Gasteiger partial charge in [0.05, 0.1) is 18.5 Å². The van der Waals surface area contributed by atoms with Crippen molar-refractivity contribution in [2.75, 3.05) is 31.3 Å². The van der Waals surface area contributed by atoms with Crippen LogP contribution >= 0.6 is 0 Å². The number of nitrogens with one attached hydrogen (secondary N) is 2. The fourth-order valence-electron chi connectivity index (χ4n) is 3.40. The molecule has 0 saturated heterocycles. The third-order valence-corrected chi connectivity index (χ3v) is 5.62. The Morgan fingerprint density at radius 3 is 2.20 bits per heavy atom. The minimum atomic E-state index is -0.364. The number of amides is 3. The van der Waals surface area contributed by atoms with E-state index in [1.807, 2.05) is 54.6 Å². The summed E-state index contributed by atoms with van der Waals surface area (Å²) in [5.74, 6) is 1.35. The van der Waals surface area contributed by atoms with Gasteiger partial charge >= 0.3 is 6.03 Å². The molecule has 8 nitrogen and oxygen atoms in total. The molecule has 3 aromatic rings. The molecule has 0 radical (unpaired) electrons. The summed E-state index contributed by atoms with van der Waals surface area (Å²) in [7, 11) is 3.19. The van der Waals surface area contributed by atoms with Crippen LogP contribution < -0.4 is 15.4 Å². The van der Waals surface area contributed by atoms with E-state index in [2.05, 4.69) is 45.3 Å². The van der Waals surface area contributed by atoms with Gasteiger partial charge in [-0.1, -0.05) is 46.8 Å². The first-order valence-corrected chi connectivity index (χ1v) is 11.6. The highest BCUT2D eigenvalue weighted by Crippen LogP contribution is 2.27. The number of ether oxygens (including phenoxy) is 1. The Labute approximate surface area is 207 Å². The Morgan fingerprint density at radius 1 is 1.03 bits per heavy atom. The Kier molecular flexibility index (Phi) is 7.84. The normalized spacial score (nSPS) is 11.3. The maximum absolute atomic E-state index is 12.8. The first-order chi connectivity index (χ1) is 16.5. The van der Waals surface area contributed by atoms with Gasteiger partial charge in [0.1, 0.15) is 18.1 Å². The zero-order chi connectivity index (χ0) is 25.8. The fourth-order valence-corrected chi connectivity index (χ4v) is 3.40. The molecule has 3 amide bonds. The van der Waals surface area contributed by atoms with Gasteiger partial charge in [-0.05, 0) is 47.9 Å². The highest BCUT2D eigenvalue weighted by Gasteiger charge is 2.22. The number of urea groups is 1. The number of likely N-dealkylation sites (N-methyl/N-ethyl adjacent to an activating group) is 1. The quantitative estimate of drug-likeness (QED) is 0.477. The van der Waals surface area contributed by atoms with Gasteiger partial charge in [0.15, 0.2) is 0 Å². The molecule has 0 aliphatic carbocycles. The van der Waals surface area contributed by atoms with Gasteiger partial charge < -0.3 is 20.3 Å². The molecule has 0 bridgehead atoms. The van der Waals surface area contributed by atoms with Gasteiger partial charge in [0.2, 0.25) is 5.91 Å². The lowest BCUT2D eigenvalue weighted by molar-refractivity contribution is -0.116. The Hall–Kier alpha value is -3.81. The van der Waals surface area contributed by atoms with Crippen LogP contribution in [0.15, 0.2) is 54.6 Å². The van der Waals surface area contributed by atoms with Gasteiger partial charge in [0, 0.05) is 24.2 Å². The lowest BCUT2D eigenvalue weighted by Gasteiger charge is -2.18. The van der Waals surface area contributed by atoms with Gasteiger partial charge in [0.25, 0.3) is 0 Å². The molecule has 0 aliphatic heterocycles. The van der Waals surface area contributed by atoms with Crippen LogP contribution in [0.3, 0.4) is 0 Å². The molecule has 0 saturated carbocycles. The van der Waals surface area contributed by atoms with Gasteiger partial charge in [-0.25, -0.2) is 9.48 Å². The molecule has 0 aliphatic rings. The lowest BCUT2D eigenvalue weighted by atomic mass is 9.92. The van der Waals surface area contributed by atoms with Crippen molar-refractivity contribution in [1.82, 2.24) is 14.7 Å². The van der Waals surface area contributed by atoms with Crippen molar-refractivity contribution >= 4 is 23.4 Å². The molecular formula is C27H35N5O3. The van der Waals surface area contributed by atoms with E-state index in [0.717, 1.165) is 17.1 Å². The zero-order valence-corrected chi connectivity index (χ0v) is 21.5. The van der Waals surface area contributed by atoms with E-state index in [-0.39, 0.29) is 23.9 Å². The van der Waals surface area contributed by atoms with Crippen molar-refractivity contribution in [3.8, 4) is 11.4 Å². The van der Waals surface area contributed by atoms with Crippen LogP contribution in [0.4, 0.5) is 16.3 Å². The minimum absolute atomic E-state index is 0.117. The van der Waals surface area contributed by atoms with E-state index >= 15 is 0 Å². The molecule has 0 fully saturated rings. The third kappa shape index (κ3) is 6.62. The second-order valence-corrected chi connectivity index (χ2v) is 9.89. The summed E-state index contributed by atoms with van der Waals surface area (Å²) in [6, 6.07) is 16.6. The first-order valence-electron chi connectivity index (χ1n) is 11.6. The SMILES string of the molecule is COc1ccc(-n2nc(C(C)(C)C)cc2NC(=O)CN(C)C(=O)Nc2ccc(C(C)C)cc2)cc1. The summed E-state index contributed by atoms with van der Waals surface area (Å²) in [6.07, 6.45) is 0. The van der Waals surface area contributed by atoms with Crippen LogP contribution in [0.25, 0.3) is 5.69 Å². The van der Waals surface area contributed by atoms with Crippen LogP contribution in [-0.4, -0.2) is 47.3 Å². The smallest absolute Gasteiger partial charge is 0.322 e. The fraction of sp³-hybridized carbons (Fsp3) is 0.370. The molecule has 8 heteroatoms. The van der Waals surface area contributed by atoms with Crippen LogP contribution in [0.2, 0.25) is 0 Å². The Balaban J connectivity index is 1.71. The Bertz CT molecular complexity index is 1160. The van der Waals surface area contributed by atoms with E-state index < -0.39 is 0 Å². The summed E-state index contributed by atoms with van der Waals surface area (Å²) in [5.41, 5.74) is 3.28. The number of rotatable bonds is 7. The van der Waals surface area contributed by atoms with Gasteiger partial charge in [-0.15, -0.1) is 0 Å². The molecular weight excluding hydrogens is 442 g/mol. The van der Waals surface area contributed by atoms with Crippen LogP contribution in [0.5, 0.6) is 5.75 Å². The first kappa shape index (κ1) is 25.8. The second kappa shape index (κ2) is 10.6. The molecule has 0 spiro atoms. The number of hydrogen-bond acceptors (Lipinski definition) is 4. The van der Waals surface area contributed by atoms with Crippen LogP contribution in [0.1, 0.15) is 51.8 Å². The number of anilines is 2. The second-order valence-electron chi connectivity index (χ2n) is 9.89. The summed E-state index contributed by atoms with van der Waals surface area (Å²) in [6.45, 7) is 10.3. The minimum Gasteiger partial charge on any atom is -0.497 e. The standard InChI is InChI=1S/C27H35N5O3/c1-18(2)19-8-10-20(11-9-19)28-26(34)31(6)17-25(33)29-24-16-23(27(3,4)5)30-32(24)21-12-14-22(35-7)15-13-21/h8-16,18H,17H2,1-7H3,(H,28,34)(H,29,33). The van der Waals surface area contributed by atoms with Crippen molar-refractivity contribution in [3.05, 3.63) is 65.9 Å². The van der Waals surface area contributed by atoms with Crippen molar-refractivity contribution in [1.29, 1.82) is 0 Å². The van der Waals surface area contributed by atoms with Gasteiger partial charge in [-0.3, -0.25) is 4.79 Å². The topological polar surface area (TPSA) is 88.5 Å². The van der Waals surface area contributed by atoms with Crippen molar-refractivity contribution in [3.63, 3.8) is 0 Å². The van der Waals surface area contributed by atoms with E-state index in [9.17, 15) is 9.59 Å². The number of aromatic nitrogens is 2. The van der Waals surface area contributed by atoms with E-state index in [4.69, 9.17) is 9.84 Å². The summed E-state index contributed by atoms with van der Waals surface area (Å²) in [4.78, 5) is 26.8. The highest BCUT2D eigenvalue weighted by molar-refractivity contribution is 5.96. The summed E-state index contributed by atoms with van der Waals surface area (Å²) >= 11 is 0. The maximum atomic E-state index is 12.8. The Morgan fingerprint density at radius 2 is 1.66 bits per heavy atom. The van der Waals surface area contributed by atoms with Gasteiger partial charge in [-0.2, -0.15) is 5.10 Å². The molecule has 35 heavy (non-hydrogen) atoms. The van der Waals surface area contributed by atoms with Crippen molar-refractivity contribution in [2.24, 2.45) is 0 Å². The highest BCUT2D eigenvalue weighted by atomic mass is 16.5. The molecule has 186 valence electrons. The predicted molar refractivity (Wildman–Crippen MR) is 140 cm³/mol. The molecule has 1 heterocycles. The predicted octanol–water partition coefficient (Wildman–Crippen LogP) is 5.40. The zero-order valence-electron chi connectivity index (χ0n) is 21.5. The number of nitrogens with zero attached hydrogens (tertiary/aromatic N) is 3. The number of methoxy groups -OCH3 is 1. The van der Waals surface area contributed by atoms with E-state index in [1.54, 1.807) is 18.8 Å². The van der Waals surface area contributed by atoms with Crippen LogP contribution in [-0.2, 0) is 10.2 Å². The number of carbonyl (C=O) groups excluding carboxylic acids is 2.